The maximum atomic E-state index is 5.26. The van der Waals surface area contributed by atoms with E-state index in [1.807, 2.05) is 19.2 Å². The summed E-state index contributed by atoms with van der Waals surface area (Å²) >= 11 is 0. The molecule has 0 bridgehead atoms. The zero-order valence-electron chi connectivity index (χ0n) is 11.7. The van der Waals surface area contributed by atoms with Gasteiger partial charge in [-0.05, 0) is 38.6 Å². The number of piperidine rings is 1. The van der Waals surface area contributed by atoms with Crippen LogP contribution in [0.2, 0.25) is 0 Å². The summed E-state index contributed by atoms with van der Waals surface area (Å²) in [5.74, 6) is 1.79. The van der Waals surface area contributed by atoms with E-state index in [2.05, 4.69) is 20.4 Å². The zero-order valence-corrected chi connectivity index (χ0v) is 11.7. The molecular formula is C14H20N4O2. The zero-order chi connectivity index (χ0) is 13.8. The van der Waals surface area contributed by atoms with Crippen molar-refractivity contribution in [2.75, 3.05) is 20.1 Å². The van der Waals surface area contributed by atoms with Crippen LogP contribution in [0.1, 0.15) is 25.1 Å². The van der Waals surface area contributed by atoms with Gasteiger partial charge in [0.1, 0.15) is 0 Å². The highest BCUT2D eigenvalue weighted by Crippen LogP contribution is 2.21. The van der Waals surface area contributed by atoms with Gasteiger partial charge in [-0.3, -0.25) is 4.90 Å². The predicted octanol–water partition coefficient (Wildman–Crippen LogP) is 1.90. The molecule has 0 spiro atoms. The molecule has 0 aromatic carbocycles. The van der Waals surface area contributed by atoms with Crippen molar-refractivity contribution in [3.8, 4) is 11.7 Å². The molecule has 108 valence electrons. The van der Waals surface area contributed by atoms with E-state index in [4.69, 9.17) is 8.94 Å². The van der Waals surface area contributed by atoms with Crippen LogP contribution in [0, 0.1) is 0 Å². The van der Waals surface area contributed by atoms with Crippen molar-refractivity contribution in [2.45, 2.75) is 31.8 Å². The maximum absolute atomic E-state index is 5.26. The largest absolute Gasteiger partial charge is 0.459 e. The van der Waals surface area contributed by atoms with Crippen LogP contribution in [-0.4, -0.2) is 41.2 Å². The average molecular weight is 276 g/mol. The van der Waals surface area contributed by atoms with Crippen LogP contribution in [-0.2, 0) is 6.54 Å². The fourth-order valence-corrected chi connectivity index (χ4v) is 2.74. The van der Waals surface area contributed by atoms with Gasteiger partial charge in [0, 0.05) is 12.6 Å². The predicted molar refractivity (Wildman–Crippen MR) is 74.0 cm³/mol. The summed E-state index contributed by atoms with van der Waals surface area (Å²) in [7, 11) is 2.00. The van der Waals surface area contributed by atoms with Crippen molar-refractivity contribution >= 4 is 0 Å². The van der Waals surface area contributed by atoms with E-state index < -0.39 is 0 Å². The quantitative estimate of drug-likeness (QED) is 0.899. The second kappa shape index (κ2) is 6.19. The highest BCUT2D eigenvalue weighted by atomic mass is 16.5. The Kier molecular flexibility index (Phi) is 4.13. The fraction of sp³-hybridized carbons (Fsp3) is 0.571. The summed E-state index contributed by atoms with van der Waals surface area (Å²) in [6.45, 7) is 2.83. The van der Waals surface area contributed by atoms with E-state index in [1.165, 1.54) is 19.3 Å². The summed E-state index contributed by atoms with van der Waals surface area (Å²) in [5, 5.41) is 7.31. The molecule has 1 saturated heterocycles. The first kappa shape index (κ1) is 13.3. The van der Waals surface area contributed by atoms with E-state index in [9.17, 15) is 0 Å². The Morgan fingerprint density at radius 1 is 1.45 bits per heavy atom. The highest BCUT2D eigenvalue weighted by Gasteiger charge is 2.23. The van der Waals surface area contributed by atoms with Crippen LogP contribution in [0.25, 0.3) is 11.7 Å². The van der Waals surface area contributed by atoms with E-state index in [-0.39, 0.29) is 0 Å². The van der Waals surface area contributed by atoms with Gasteiger partial charge in [0.15, 0.2) is 11.6 Å². The number of nitrogens with one attached hydrogen (secondary N) is 1. The molecule has 1 unspecified atom stereocenters. The molecule has 0 aliphatic carbocycles. The Morgan fingerprint density at radius 2 is 2.40 bits per heavy atom. The molecule has 2 aromatic rings. The normalized spacial score (nSPS) is 20.4. The molecule has 1 fully saturated rings. The summed E-state index contributed by atoms with van der Waals surface area (Å²) in [5.41, 5.74) is 0. The number of rotatable bonds is 5. The lowest BCUT2D eigenvalue weighted by Crippen LogP contribution is -2.44. The fourth-order valence-electron chi connectivity index (χ4n) is 2.74. The lowest BCUT2D eigenvalue weighted by atomic mass is 10.0. The van der Waals surface area contributed by atoms with Gasteiger partial charge in [0.25, 0.3) is 5.89 Å². The van der Waals surface area contributed by atoms with Gasteiger partial charge >= 0.3 is 0 Å². The standard InChI is InChI=1S/C14H20N4O2/c1-15-9-11-5-2-3-7-18(11)10-13-16-14(20-17-13)12-6-4-8-19-12/h4,6,8,11,15H,2-3,5,7,9-10H2,1H3. The van der Waals surface area contributed by atoms with Gasteiger partial charge in [0.05, 0.1) is 12.8 Å². The number of nitrogens with zero attached hydrogens (tertiary/aromatic N) is 3. The van der Waals surface area contributed by atoms with Crippen molar-refractivity contribution < 1.29 is 8.94 Å². The van der Waals surface area contributed by atoms with E-state index in [1.54, 1.807) is 6.26 Å². The molecule has 0 saturated carbocycles. The second-order valence-electron chi connectivity index (χ2n) is 5.17. The van der Waals surface area contributed by atoms with Crippen LogP contribution in [0.4, 0.5) is 0 Å². The smallest absolute Gasteiger partial charge is 0.293 e. The molecule has 0 amide bonds. The Morgan fingerprint density at radius 3 is 3.20 bits per heavy atom. The van der Waals surface area contributed by atoms with Crippen molar-refractivity contribution in [1.29, 1.82) is 0 Å². The third-order valence-corrected chi connectivity index (χ3v) is 3.73. The Hall–Kier alpha value is -1.66. The average Bonchev–Trinajstić information content (AvgIpc) is 3.12. The Balaban J connectivity index is 1.67. The summed E-state index contributed by atoms with van der Waals surface area (Å²) < 4.78 is 10.5. The van der Waals surface area contributed by atoms with E-state index in [0.717, 1.165) is 25.5 Å². The third-order valence-electron chi connectivity index (χ3n) is 3.73. The number of hydrogen-bond acceptors (Lipinski definition) is 6. The number of hydrogen-bond donors (Lipinski definition) is 1. The molecule has 1 N–H and O–H groups in total. The summed E-state index contributed by atoms with van der Waals surface area (Å²) in [6, 6.07) is 4.19. The molecule has 3 heterocycles. The molecule has 0 radical (unpaired) electrons. The minimum absolute atomic E-state index is 0.451. The van der Waals surface area contributed by atoms with Crippen molar-refractivity contribution in [3.05, 3.63) is 24.2 Å². The van der Waals surface area contributed by atoms with E-state index in [0.29, 0.717) is 17.7 Å². The van der Waals surface area contributed by atoms with Crippen LogP contribution in [0.3, 0.4) is 0 Å². The monoisotopic (exact) mass is 276 g/mol. The number of aromatic nitrogens is 2. The van der Waals surface area contributed by atoms with Crippen LogP contribution >= 0.6 is 0 Å². The minimum Gasteiger partial charge on any atom is -0.459 e. The van der Waals surface area contributed by atoms with Gasteiger partial charge in [-0.2, -0.15) is 4.98 Å². The number of likely N-dealkylation sites (tertiary alicyclic amines) is 1. The van der Waals surface area contributed by atoms with Gasteiger partial charge < -0.3 is 14.3 Å². The lowest BCUT2D eigenvalue weighted by molar-refractivity contribution is 0.134. The number of likely N-dealkylation sites (N-methyl/N-ethyl adjacent to an activating group) is 1. The SMILES string of the molecule is CNCC1CCCCN1Cc1noc(-c2ccco2)n1. The summed E-state index contributed by atoms with van der Waals surface area (Å²) in [4.78, 5) is 6.84. The molecule has 6 nitrogen and oxygen atoms in total. The topological polar surface area (TPSA) is 67.3 Å². The molecule has 20 heavy (non-hydrogen) atoms. The van der Waals surface area contributed by atoms with Crippen molar-refractivity contribution in [3.63, 3.8) is 0 Å². The molecule has 2 aromatic heterocycles. The lowest BCUT2D eigenvalue weighted by Gasteiger charge is -2.34. The Bertz CT molecular complexity index is 521. The maximum Gasteiger partial charge on any atom is 0.293 e. The van der Waals surface area contributed by atoms with Gasteiger partial charge in [-0.1, -0.05) is 11.6 Å². The third kappa shape index (κ3) is 2.91. The van der Waals surface area contributed by atoms with Gasteiger partial charge in [0.2, 0.25) is 0 Å². The molecule has 3 rings (SSSR count). The molecule has 1 atom stereocenters. The van der Waals surface area contributed by atoms with E-state index >= 15 is 0 Å². The first-order valence-corrected chi connectivity index (χ1v) is 7.12. The molecule has 1 aliphatic heterocycles. The van der Waals surface area contributed by atoms with Gasteiger partial charge in [-0.15, -0.1) is 0 Å². The number of furan rings is 1. The second-order valence-corrected chi connectivity index (χ2v) is 5.17. The van der Waals surface area contributed by atoms with Crippen LogP contribution < -0.4 is 5.32 Å². The first-order chi connectivity index (χ1) is 9.86. The minimum atomic E-state index is 0.451. The molecular weight excluding hydrogens is 256 g/mol. The first-order valence-electron chi connectivity index (χ1n) is 7.12. The van der Waals surface area contributed by atoms with Crippen molar-refractivity contribution in [2.24, 2.45) is 0 Å². The van der Waals surface area contributed by atoms with Crippen LogP contribution in [0.15, 0.2) is 27.3 Å². The van der Waals surface area contributed by atoms with Crippen LogP contribution in [0.5, 0.6) is 0 Å². The van der Waals surface area contributed by atoms with Crippen molar-refractivity contribution in [1.82, 2.24) is 20.4 Å². The molecule has 6 heteroatoms. The Labute approximate surface area is 118 Å². The summed E-state index contributed by atoms with van der Waals surface area (Å²) in [6.07, 6.45) is 5.37. The highest BCUT2D eigenvalue weighted by molar-refractivity contribution is 5.42. The van der Waals surface area contributed by atoms with Gasteiger partial charge in [-0.25, -0.2) is 0 Å². The molecule has 1 aliphatic rings.